The molecule has 1 heterocycles. The fourth-order valence-corrected chi connectivity index (χ4v) is 1.43. The van der Waals surface area contributed by atoms with Crippen LogP contribution in [0.15, 0.2) is 47.5 Å². The van der Waals surface area contributed by atoms with Gasteiger partial charge in [0, 0.05) is 24.1 Å². The van der Waals surface area contributed by atoms with Gasteiger partial charge in [-0.3, -0.25) is 9.59 Å². The Hall–Kier alpha value is -2.36. The maximum absolute atomic E-state index is 11.8. The van der Waals surface area contributed by atoms with Gasteiger partial charge in [-0.05, 0) is 19.1 Å². The molecule has 0 saturated carbocycles. The summed E-state index contributed by atoms with van der Waals surface area (Å²) in [6, 6.07) is 8.70. The fraction of sp³-hybridized carbons (Fsp3) is 0.0769. The summed E-state index contributed by atoms with van der Waals surface area (Å²) in [5, 5.41) is 2.67. The van der Waals surface area contributed by atoms with Crippen molar-refractivity contribution in [2.45, 2.75) is 6.92 Å². The minimum Gasteiger partial charge on any atom is -0.367 e. The minimum atomic E-state index is -0.407. The first-order valence-electron chi connectivity index (χ1n) is 5.22. The van der Waals surface area contributed by atoms with Crippen molar-refractivity contribution < 1.29 is 4.79 Å². The van der Waals surface area contributed by atoms with E-state index in [0.29, 0.717) is 5.69 Å². The van der Waals surface area contributed by atoms with Crippen LogP contribution in [0.5, 0.6) is 0 Å². The third-order valence-electron chi connectivity index (χ3n) is 2.38. The van der Waals surface area contributed by atoms with Crippen LogP contribution < -0.4 is 10.7 Å². The lowest BCUT2D eigenvalue weighted by Gasteiger charge is -2.04. The van der Waals surface area contributed by atoms with Gasteiger partial charge < -0.3 is 10.3 Å². The van der Waals surface area contributed by atoms with E-state index in [1.54, 1.807) is 12.1 Å². The molecule has 4 heteroatoms. The number of amides is 1. The molecule has 0 unspecified atom stereocenters. The van der Waals surface area contributed by atoms with Gasteiger partial charge in [0.05, 0.1) is 0 Å². The molecule has 1 aromatic heterocycles. The second-order valence-corrected chi connectivity index (χ2v) is 3.74. The number of nitrogens with one attached hydrogen (secondary N) is 2. The van der Waals surface area contributed by atoms with E-state index >= 15 is 0 Å². The van der Waals surface area contributed by atoms with Crippen molar-refractivity contribution in [1.29, 1.82) is 0 Å². The van der Waals surface area contributed by atoms with Crippen molar-refractivity contribution in [3.8, 4) is 0 Å². The summed E-state index contributed by atoms with van der Waals surface area (Å²) in [4.78, 5) is 25.9. The van der Waals surface area contributed by atoms with E-state index in [1.165, 1.54) is 18.5 Å². The number of carbonyl (C=O) groups excluding carboxylic acids is 1. The van der Waals surface area contributed by atoms with Gasteiger partial charge in [-0.25, -0.2) is 0 Å². The van der Waals surface area contributed by atoms with Crippen molar-refractivity contribution in [1.82, 2.24) is 4.98 Å². The highest BCUT2D eigenvalue weighted by Crippen LogP contribution is 2.09. The number of pyridine rings is 1. The van der Waals surface area contributed by atoms with Gasteiger partial charge >= 0.3 is 0 Å². The fourth-order valence-electron chi connectivity index (χ4n) is 1.43. The quantitative estimate of drug-likeness (QED) is 0.825. The van der Waals surface area contributed by atoms with E-state index in [-0.39, 0.29) is 11.0 Å². The molecule has 0 aliphatic heterocycles. The van der Waals surface area contributed by atoms with E-state index in [2.05, 4.69) is 10.3 Å². The molecule has 0 fully saturated rings. The van der Waals surface area contributed by atoms with Crippen LogP contribution in [0.1, 0.15) is 15.9 Å². The van der Waals surface area contributed by atoms with Crippen LogP contribution >= 0.6 is 0 Å². The molecular formula is C13H12N2O2. The predicted octanol–water partition coefficient (Wildman–Crippen LogP) is 1.94. The number of rotatable bonds is 2. The first kappa shape index (κ1) is 11.1. The van der Waals surface area contributed by atoms with Crippen LogP contribution in [0.3, 0.4) is 0 Å². The SMILES string of the molecule is Cc1ccc(NC(=O)c2c[nH]ccc2=O)cc1. The standard InChI is InChI=1S/C13H12N2O2/c1-9-2-4-10(5-3-9)15-13(17)11-8-14-7-6-12(11)16/h2-8H,1H3,(H,14,16)(H,15,17). The lowest BCUT2D eigenvalue weighted by Crippen LogP contribution is -2.20. The smallest absolute Gasteiger partial charge is 0.261 e. The molecule has 2 aromatic rings. The maximum atomic E-state index is 11.8. The number of H-pyrrole nitrogens is 1. The third-order valence-corrected chi connectivity index (χ3v) is 2.38. The monoisotopic (exact) mass is 228 g/mol. The molecule has 17 heavy (non-hydrogen) atoms. The van der Waals surface area contributed by atoms with E-state index < -0.39 is 5.91 Å². The predicted molar refractivity (Wildman–Crippen MR) is 66.2 cm³/mol. The van der Waals surface area contributed by atoms with E-state index in [0.717, 1.165) is 5.56 Å². The molecule has 4 nitrogen and oxygen atoms in total. The number of benzene rings is 1. The molecule has 1 aromatic carbocycles. The number of anilines is 1. The molecule has 0 spiro atoms. The summed E-state index contributed by atoms with van der Waals surface area (Å²) in [5.74, 6) is -0.407. The Labute approximate surface area is 98.3 Å². The summed E-state index contributed by atoms with van der Waals surface area (Å²) in [7, 11) is 0. The van der Waals surface area contributed by atoms with Crippen LogP contribution in [0.25, 0.3) is 0 Å². The molecule has 0 aliphatic carbocycles. The molecular weight excluding hydrogens is 216 g/mol. The van der Waals surface area contributed by atoms with E-state index in [1.807, 2.05) is 19.1 Å². The third kappa shape index (κ3) is 2.60. The molecule has 2 rings (SSSR count). The zero-order valence-electron chi connectivity index (χ0n) is 9.36. The number of aromatic nitrogens is 1. The van der Waals surface area contributed by atoms with Gasteiger partial charge in [-0.2, -0.15) is 0 Å². The average molecular weight is 228 g/mol. The zero-order valence-corrected chi connectivity index (χ0v) is 9.36. The van der Waals surface area contributed by atoms with Crippen LogP contribution in [-0.2, 0) is 0 Å². The molecule has 1 amide bonds. The Balaban J connectivity index is 2.20. The molecule has 0 atom stereocenters. The maximum Gasteiger partial charge on any atom is 0.261 e. The molecule has 2 N–H and O–H groups in total. The normalized spacial score (nSPS) is 9.94. The molecule has 86 valence electrons. The highest BCUT2D eigenvalue weighted by molar-refractivity contribution is 6.03. The Bertz CT molecular complexity index is 585. The largest absolute Gasteiger partial charge is 0.367 e. The Morgan fingerprint density at radius 3 is 2.53 bits per heavy atom. The van der Waals surface area contributed by atoms with Crippen molar-refractivity contribution >= 4 is 11.6 Å². The summed E-state index contributed by atoms with van der Waals surface area (Å²) < 4.78 is 0. The Kier molecular flexibility index (Phi) is 3.05. The minimum absolute atomic E-state index is 0.105. The van der Waals surface area contributed by atoms with Gasteiger partial charge in [0.25, 0.3) is 5.91 Å². The molecule has 0 saturated heterocycles. The van der Waals surface area contributed by atoms with Gasteiger partial charge in [0.15, 0.2) is 5.43 Å². The van der Waals surface area contributed by atoms with Crippen LogP contribution in [0, 0.1) is 6.92 Å². The van der Waals surface area contributed by atoms with Crippen LogP contribution in [0.2, 0.25) is 0 Å². The number of aryl methyl sites for hydroxylation is 1. The number of hydrogen-bond donors (Lipinski definition) is 2. The number of hydrogen-bond acceptors (Lipinski definition) is 2. The van der Waals surface area contributed by atoms with Crippen LogP contribution in [-0.4, -0.2) is 10.9 Å². The summed E-state index contributed by atoms with van der Waals surface area (Å²) in [6.07, 6.45) is 2.89. The molecule has 0 radical (unpaired) electrons. The van der Waals surface area contributed by atoms with Crippen molar-refractivity contribution in [3.05, 3.63) is 64.1 Å². The Morgan fingerprint density at radius 1 is 1.18 bits per heavy atom. The molecule has 0 aliphatic rings. The average Bonchev–Trinajstić information content (AvgIpc) is 2.32. The lowest BCUT2D eigenvalue weighted by molar-refractivity contribution is 0.102. The zero-order chi connectivity index (χ0) is 12.3. The highest BCUT2D eigenvalue weighted by atomic mass is 16.2. The summed E-state index contributed by atoms with van der Waals surface area (Å²) in [6.45, 7) is 1.97. The molecule has 0 bridgehead atoms. The second kappa shape index (κ2) is 4.65. The van der Waals surface area contributed by atoms with E-state index in [9.17, 15) is 9.59 Å². The number of carbonyl (C=O) groups is 1. The van der Waals surface area contributed by atoms with Crippen LogP contribution in [0.4, 0.5) is 5.69 Å². The number of aromatic amines is 1. The lowest BCUT2D eigenvalue weighted by atomic mass is 10.2. The first-order valence-corrected chi connectivity index (χ1v) is 5.22. The first-order chi connectivity index (χ1) is 8.16. The highest BCUT2D eigenvalue weighted by Gasteiger charge is 2.09. The van der Waals surface area contributed by atoms with Gasteiger partial charge in [0.1, 0.15) is 5.56 Å². The summed E-state index contributed by atoms with van der Waals surface area (Å²) in [5.41, 5.74) is 1.59. The topological polar surface area (TPSA) is 62.0 Å². The van der Waals surface area contributed by atoms with Gasteiger partial charge in [-0.15, -0.1) is 0 Å². The van der Waals surface area contributed by atoms with Crippen molar-refractivity contribution in [2.75, 3.05) is 5.32 Å². The van der Waals surface area contributed by atoms with Gasteiger partial charge in [-0.1, -0.05) is 17.7 Å². The van der Waals surface area contributed by atoms with E-state index in [4.69, 9.17) is 0 Å². The summed E-state index contributed by atoms with van der Waals surface area (Å²) >= 11 is 0. The Morgan fingerprint density at radius 2 is 1.88 bits per heavy atom. The second-order valence-electron chi connectivity index (χ2n) is 3.74. The van der Waals surface area contributed by atoms with Crippen molar-refractivity contribution in [2.24, 2.45) is 0 Å². The van der Waals surface area contributed by atoms with Gasteiger partial charge in [0.2, 0.25) is 0 Å². The van der Waals surface area contributed by atoms with Crippen molar-refractivity contribution in [3.63, 3.8) is 0 Å².